The van der Waals surface area contributed by atoms with Gasteiger partial charge in [-0.2, -0.15) is 0 Å². The van der Waals surface area contributed by atoms with E-state index in [2.05, 4.69) is 71.6 Å². The molecule has 0 bridgehead atoms. The third kappa shape index (κ3) is 3.11. The highest BCUT2D eigenvalue weighted by Gasteiger charge is 2.32. The van der Waals surface area contributed by atoms with Gasteiger partial charge in [0.2, 0.25) is 0 Å². The van der Waals surface area contributed by atoms with Crippen LogP contribution in [0.2, 0.25) is 0 Å². The third-order valence-electron chi connectivity index (χ3n) is 5.34. The lowest BCUT2D eigenvalue weighted by Crippen LogP contribution is -2.49. The van der Waals surface area contributed by atoms with Crippen LogP contribution in [0.5, 0.6) is 0 Å². The van der Waals surface area contributed by atoms with Crippen LogP contribution in [-0.4, -0.2) is 29.1 Å². The predicted molar refractivity (Wildman–Crippen MR) is 111 cm³/mol. The zero-order valence-electron chi connectivity index (χ0n) is 14.8. The molecular formula is C23H19NO2S. The number of aliphatic carboxylic acids is 1. The van der Waals surface area contributed by atoms with Gasteiger partial charge in [-0.15, -0.1) is 11.3 Å². The van der Waals surface area contributed by atoms with E-state index in [9.17, 15) is 4.79 Å². The Morgan fingerprint density at radius 1 is 0.926 bits per heavy atom. The lowest BCUT2D eigenvalue weighted by Gasteiger charge is -2.36. The highest BCUT2D eigenvalue weighted by Crippen LogP contribution is 2.33. The fourth-order valence-electron chi connectivity index (χ4n) is 3.80. The Balaban J connectivity index is 1.41. The van der Waals surface area contributed by atoms with Gasteiger partial charge in [0.05, 0.1) is 5.92 Å². The predicted octanol–water partition coefficient (Wildman–Crippen LogP) is 5.24. The number of hydrogen-bond donors (Lipinski definition) is 1. The molecule has 0 saturated carbocycles. The van der Waals surface area contributed by atoms with Gasteiger partial charge >= 0.3 is 5.97 Å². The molecule has 1 saturated heterocycles. The molecule has 0 amide bonds. The van der Waals surface area contributed by atoms with Crippen molar-refractivity contribution in [2.45, 2.75) is 6.54 Å². The van der Waals surface area contributed by atoms with E-state index in [1.807, 2.05) is 0 Å². The van der Waals surface area contributed by atoms with E-state index in [1.54, 1.807) is 11.3 Å². The maximum absolute atomic E-state index is 11.0. The highest BCUT2D eigenvalue weighted by molar-refractivity contribution is 7.19. The Morgan fingerprint density at radius 2 is 1.63 bits per heavy atom. The summed E-state index contributed by atoms with van der Waals surface area (Å²) in [5, 5.41) is 12.8. The standard InChI is InChI=1S/C23H19NO2S/c25-23(26)20-12-24(13-20)14-21-11-19-10-18(7-8-22(19)27-21)17-6-5-15-3-1-2-4-16(15)9-17/h1-11,20H,12-14H2,(H,25,26). The molecule has 0 aliphatic carbocycles. The number of fused-ring (bicyclic) bond motifs is 2. The van der Waals surface area contributed by atoms with E-state index >= 15 is 0 Å². The maximum atomic E-state index is 11.0. The Labute approximate surface area is 161 Å². The molecule has 0 atom stereocenters. The molecule has 0 radical (unpaired) electrons. The van der Waals surface area contributed by atoms with Crippen LogP contribution in [0.4, 0.5) is 0 Å². The van der Waals surface area contributed by atoms with Crippen LogP contribution in [0, 0.1) is 5.92 Å². The number of carboxylic acid groups (broad SMARTS) is 1. The molecule has 134 valence electrons. The Bertz CT molecular complexity index is 1160. The fraction of sp³-hybridized carbons (Fsp3) is 0.174. The average molecular weight is 373 g/mol. The molecule has 4 aromatic rings. The average Bonchev–Trinajstić information content (AvgIpc) is 3.05. The van der Waals surface area contributed by atoms with Crippen molar-refractivity contribution in [3.63, 3.8) is 0 Å². The monoisotopic (exact) mass is 373 g/mol. The number of rotatable bonds is 4. The van der Waals surface area contributed by atoms with E-state index in [4.69, 9.17) is 5.11 Å². The van der Waals surface area contributed by atoms with Crippen molar-refractivity contribution >= 4 is 38.2 Å². The van der Waals surface area contributed by atoms with Gasteiger partial charge in [-0.05, 0) is 51.6 Å². The van der Waals surface area contributed by atoms with Crippen molar-refractivity contribution in [2.24, 2.45) is 5.92 Å². The van der Waals surface area contributed by atoms with Crippen LogP contribution in [0.3, 0.4) is 0 Å². The molecule has 4 heteroatoms. The van der Waals surface area contributed by atoms with Gasteiger partial charge in [0, 0.05) is 29.2 Å². The van der Waals surface area contributed by atoms with Crippen LogP contribution in [0.25, 0.3) is 32.0 Å². The second-order valence-corrected chi connectivity index (χ2v) is 8.42. The molecule has 1 aliphatic rings. The van der Waals surface area contributed by atoms with Gasteiger partial charge in [0.1, 0.15) is 0 Å². The van der Waals surface area contributed by atoms with Crippen LogP contribution in [0.15, 0.2) is 66.7 Å². The van der Waals surface area contributed by atoms with E-state index < -0.39 is 5.97 Å². The maximum Gasteiger partial charge on any atom is 0.309 e. The van der Waals surface area contributed by atoms with E-state index in [0.29, 0.717) is 13.1 Å². The molecule has 27 heavy (non-hydrogen) atoms. The van der Waals surface area contributed by atoms with Crippen molar-refractivity contribution in [3.05, 3.63) is 71.6 Å². The summed E-state index contributed by atoms with van der Waals surface area (Å²) in [5.41, 5.74) is 2.46. The first kappa shape index (κ1) is 16.5. The number of nitrogens with zero attached hydrogens (tertiary/aromatic N) is 1. The van der Waals surface area contributed by atoms with Gasteiger partial charge in [0.25, 0.3) is 0 Å². The van der Waals surface area contributed by atoms with Crippen LogP contribution in [0.1, 0.15) is 4.88 Å². The summed E-state index contributed by atoms with van der Waals surface area (Å²) in [6.45, 7) is 2.16. The first-order valence-corrected chi connectivity index (χ1v) is 9.94. The van der Waals surface area contributed by atoms with Gasteiger partial charge in [-0.1, -0.05) is 42.5 Å². The van der Waals surface area contributed by atoms with Crippen molar-refractivity contribution in [1.82, 2.24) is 4.90 Å². The SMILES string of the molecule is O=C(O)C1CN(Cc2cc3cc(-c4ccc5ccccc5c4)ccc3s2)C1. The topological polar surface area (TPSA) is 40.5 Å². The Hall–Kier alpha value is -2.69. The minimum absolute atomic E-state index is 0.195. The van der Waals surface area contributed by atoms with Gasteiger partial charge in [-0.3, -0.25) is 9.69 Å². The number of carbonyl (C=O) groups is 1. The van der Waals surface area contributed by atoms with E-state index in [-0.39, 0.29) is 5.92 Å². The number of benzene rings is 3. The fourth-order valence-corrected chi connectivity index (χ4v) is 4.89. The summed E-state index contributed by atoms with van der Waals surface area (Å²) in [7, 11) is 0. The Morgan fingerprint density at radius 3 is 2.41 bits per heavy atom. The largest absolute Gasteiger partial charge is 0.481 e. The first-order chi connectivity index (χ1) is 13.2. The summed E-state index contributed by atoms with van der Waals surface area (Å²) in [4.78, 5) is 14.4. The van der Waals surface area contributed by atoms with Crippen LogP contribution in [-0.2, 0) is 11.3 Å². The summed E-state index contributed by atoms with van der Waals surface area (Å²) in [6.07, 6.45) is 0. The van der Waals surface area contributed by atoms with E-state index in [0.717, 1.165) is 6.54 Å². The second-order valence-electron chi connectivity index (χ2n) is 7.26. The molecule has 1 aromatic heterocycles. The molecule has 5 rings (SSSR count). The summed E-state index contributed by atoms with van der Waals surface area (Å²) in [6, 6.07) is 23.9. The van der Waals surface area contributed by atoms with E-state index in [1.165, 1.54) is 36.9 Å². The van der Waals surface area contributed by atoms with Gasteiger partial charge in [-0.25, -0.2) is 0 Å². The number of thiophene rings is 1. The van der Waals surface area contributed by atoms with Crippen LogP contribution >= 0.6 is 11.3 Å². The molecule has 1 aliphatic heterocycles. The highest BCUT2D eigenvalue weighted by atomic mass is 32.1. The Kier molecular flexibility index (Phi) is 3.96. The lowest BCUT2D eigenvalue weighted by atomic mass is 10.00. The normalized spacial score (nSPS) is 15.3. The summed E-state index contributed by atoms with van der Waals surface area (Å²) < 4.78 is 1.28. The number of likely N-dealkylation sites (tertiary alicyclic amines) is 1. The lowest BCUT2D eigenvalue weighted by molar-refractivity contribution is -0.147. The molecule has 3 nitrogen and oxygen atoms in total. The molecule has 3 aromatic carbocycles. The third-order valence-corrected chi connectivity index (χ3v) is 6.44. The zero-order chi connectivity index (χ0) is 18.4. The molecular weight excluding hydrogens is 354 g/mol. The number of carboxylic acids is 1. The van der Waals surface area contributed by atoms with Crippen molar-refractivity contribution in [3.8, 4) is 11.1 Å². The number of hydrogen-bond acceptors (Lipinski definition) is 3. The van der Waals surface area contributed by atoms with Crippen molar-refractivity contribution < 1.29 is 9.90 Å². The summed E-state index contributed by atoms with van der Waals surface area (Å²) >= 11 is 1.80. The quantitative estimate of drug-likeness (QED) is 0.532. The first-order valence-electron chi connectivity index (χ1n) is 9.12. The minimum atomic E-state index is -0.678. The van der Waals surface area contributed by atoms with Crippen molar-refractivity contribution in [2.75, 3.05) is 13.1 Å². The van der Waals surface area contributed by atoms with Gasteiger partial charge < -0.3 is 5.11 Å². The molecule has 0 unspecified atom stereocenters. The molecule has 1 N–H and O–H groups in total. The minimum Gasteiger partial charge on any atom is -0.481 e. The zero-order valence-corrected chi connectivity index (χ0v) is 15.6. The molecule has 1 fully saturated rings. The molecule has 0 spiro atoms. The molecule has 2 heterocycles. The van der Waals surface area contributed by atoms with Crippen LogP contribution < -0.4 is 0 Å². The second kappa shape index (κ2) is 6.48. The summed E-state index contributed by atoms with van der Waals surface area (Å²) in [5.74, 6) is -0.874. The smallest absolute Gasteiger partial charge is 0.309 e. The van der Waals surface area contributed by atoms with Gasteiger partial charge in [0.15, 0.2) is 0 Å². The van der Waals surface area contributed by atoms with Crippen molar-refractivity contribution in [1.29, 1.82) is 0 Å².